The minimum Gasteiger partial charge on any atom is -0.357 e. The van der Waals surface area contributed by atoms with Crippen LogP contribution in [0.4, 0.5) is 5.82 Å². The van der Waals surface area contributed by atoms with E-state index in [1.165, 1.54) is 32.1 Å². The number of hydrogen-bond acceptors (Lipinski definition) is 4. The first-order valence-electron chi connectivity index (χ1n) is 10.1. The van der Waals surface area contributed by atoms with Crippen molar-refractivity contribution in [2.24, 2.45) is 5.41 Å². The van der Waals surface area contributed by atoms with E-state index in [2.05, 4.69) is 20.9 Å². The Kier molecular flexibility index (Phi) is 4.60. The number of aryl methyl sites for hydroxylation is 1. The van der Waals surface area contributed by atoms with Gasteiger partial charge in [0.15, 0.2) is 0 Å². The van der Waals surface area contributed by atoms with E-state index in [1.54, 1.807) is 0 Å². The van der Waals surface area contributed by atoms with Crippen molar-refractivity contribution in [3.8, 4) is 6.07 Å². The Morgan fingerprint density at radius 2 is 1.81 bits per heavy atom. The molecule has 0 unspecified atom stereocenters. The van der Waals surface area contributed by atoms with Crippen molar-refractivity contribution in [3.05, 3.63) is 23.4 Å². The van der Waals surface area contributed by atoms with Crippen LogP contribution in [0.5, 0.6) is 0 Å². The quantitative estimate of drug-likeness (QED) is 0.818. The van der Waals surface area contributed by atoms with Gasteiger partial charge in [-0.2, -0.15) is 5.26 Å². The number of amides is 1. The standard InChI is InChI=1S/C21H28N4O/c1-16-17(15-22)7-8-19(23-16)24-12-9-21(10-13-24)11-14-25(20(21)26)18-5-3-2-4-6-18/h7-8,18H,2-6,9-14H2,1H3. The van der Waals surface area contributed by atoms with Crippen molar-refractivity contribution < 1.29 is 4.79 Å². The number of carbonyl (C=O) groups is 1. The SMILES string of the molecule is Cc1nc(N2CCC3(CC2)CCN(C2CCCCC2)C3=O)ccc1C#N. The minimum absolute atomic E-state index is 0.129. The van der Waals surface area contributed by atoms with Gasteiger partial charge in [-0.05, 0) is 51.2 Å². The summed E-state index contributed by atoms with van der Waals surface area (Å²) < 4.78 is 0. The lowest BCUT2D eigenvalue weighted by Gasteiger charge is -2.39. The first kappa shape index (κ1) is 17.3. The molecule has 0 atom stereocenters. The maximum Gasteiger partial charge on any atom is 0.229 e. The summed E-state index contributed by atoms with van der Waals surface area (Å²) in [5.41, 5.74) is 1.29. The molecule has 0 bridgehead atoms. The van der Waals surface area contributed by atoms with Crippen LogP contribution in [0.25, 0.3) is 0 Å². The Morgan fingerprint density at radius 3 is 2.46 bits per heavy atom. The lowest BCUT2D eigenvalue weighted by Crippen LogP contribution is -2.47. The van der Waals surface area contributed by atoms with Crippen LogP contribution >= 0.6 is 0 Å². The second kappa shape index (κ2) is 6.90. The molecule has 1 saturated carbocycles. The van der Waals surface area contributed by atoms with Gasteiger partial charge >= 0.3 is 0 Å². The van der Waals surface area contributed by atoms with E-state index in [4.69, 9.17) is 5.26 Å². The summed E-state index contributed by atoms with van der Waals surface area (Å²) in [5.74, 6) is 1.36. The molecule has 2 saturated heterocycles. The van der Waals surface area contributed by atoms with Crippen molar-refractivity contribution in [2.75, 3.05) is 24.5 Å². The van der Waals surface area contributed by atoms with Gasteiger partial charge in [0.25, 0.3) is 0 Å². The summed E-state index contributed by atoms with van der Waals surface area (Å²) in [6.07, 6.45) is 9.15. The number of hydrogen-bond donors (Lipinski definition) is 0. The van der Waals surface area contributed by atoms with Gasteiger partial charge in [-0.15, -0.1) is 0 Å². The Bertz CT molecular complexity index is 724. The highest BCUT2D eigenvalue weighted by Crippen LogP contribution is 2.44. The zero-order chi connectivity index (χ0) is 18.1. The lowest BCUT2D eigenvalue weighted by atomic mass is 9.77. The maximum absolute atomic E-state index is 13.2. The molecule has 5 heteroatoms. The van der Waals surface area contributed by atoms with E-state index in [0.29, 0.717) is 17.5 Å². The van der Waals surface area contributed by atoms with Crippen LogP contribution in [0.2, 0.25) is 0 Å². The molecule has 3 fully saturated rings. The molecule has 3 heterocycles. The number of piperidine rings is 1. The van der Waals surface area contributed by atoms with Gasteiger partial charge in [-0.3, -0.25) is 4.79 Å². The third-order valence-corrected chi connectivity index (χ3v) is 6.80. The third-order valence-electron chi connectivity index (χ3n) is 6.80. The van der Waals surface area contributed by atoms with Gasteiger partial charge in [-0.1, -0.05) is 19.3 Å². The minimum atomic E-state index is -0.129. The zero-order valence-electron chi connectivity index (χ0n) is 15.7. The number of likely N-dealkylation sites (tertiary alicyclic amines) is 1. The van der Waals surface area contributed by atoms with Crippen LogP contribution in [0.1, 0.15) is 62.6 Å². The molecule has 4 rings (SSSR count). The number of carbonyl (C=O) groups excluding carboxylic acids is 1. The Balaban J connectivity index is 1.42. The van der Waals surface area contributed by atoms with Crippen LogP contribution < -0.4 is 4.90 Å². The average molecular weight is 352 g/mol. The second-order valence-electron chi connectivity index (χ2n) is 8.22. The fourth-order valence-electron chi connectivity index (χ4n) is 5.06. The molecular weight excluding hydrogens is 324 g/mol. The van der Waals surface area contributed by atoms with E-state index in [-0.39, 0.29) is 5.41 Å². The molecule has 5 nitrogen and oxygen atoms in total. The highest BCUT2D eigenvalue weighted by Gasteiger charge is 2.49. The van der Waals surface area contributed by atoms with Gasteiger partial charge < -0.3 is 9.80 Å². The van der Waals surface area contributed by atoms with Crippen LogP contribution in [0, 0.1) is 23.7 Å². The van der Waals surface area contributed by atoms with Crippen LogP contribution in [-0.2, 0) is 4.79 Å². The van der Waals surface area contributed by atoms with Crippen LogP contribution in [0.15, 0.2) is 12.1 Å². The Labute approximate surface area is 156 Å². The fraction of sp³-hybridized carbons (Fsp3) is 0.667. The highest BCUT2D eigenvalue weighted by molar-refractivity contribution is 5.85. The first-order chi connectivity index (χ1) is 12.6. The van der Waals surface area contributed by atoms with Crippen molar-refractivity contribution in [1.29, 1.82) is 5.26 Å². The molecule has 1 aromatic heterocycles. The smallest absolute Gasteiger partial charge is 0.229 e. The van der Waals surface area contributed by atoms with E-state index < -0.39 is 0 Å². The number of anilines is 1. The van der Waals surface area contributed by atoms with E-state index in [1.807, 2.05) is 19.1 Å². The van der Waals surface area contributed by atoms with Gasteiger partial charge in [-0.25, -0.2) is 4.98 Å². The Hall–Kier alpha value is -2.09. The largest absolute Gasteiger partial charge is 0.357 e. The van der Waals surface area contributed by atoms with Gasteiger partial charge in [0, 0.05) is 25.7 Å². The van der Waals surface area contributed by atoms with E-state index >= 15 is 0 Å². The first-order valence-corrected chi connectivity index (χ1v) is 10.1. The molecule has 1 amide bonds. The van der Waals surface area contributed by atoms with Crippen LogP contribution in [0.3, 0.4) is 0 Å². The average Bonchev–Trinajstić information content (AvgIpc) is 2.99. The lowest BCUT2D eigenvalue weighted by molar-refractivity contribution is -0.139. The number of nitrogens with zero attached hydrogens (tertiary/aromatic N) is 4. The summed E-state index contributed by atoms with van der Waals surface area (Å²) in [4.78, 5) is 22.3. The van der Waals surface area contributed by atoms with Crippen molar-refractivity contribution in [3.63, 3.8) is 0 Å². The van der Waals surface area contributed by atoms with Gasteiger partial charge in [0.05, 0.1) is 16.7 Å². The molecular formula is C21H28N4O. The molecule has 3 aliphatic rings. The molecule has 1 spiro atoms. The summed E-state index contributed by atoms with van der Waals surface area (Å²) in [6.45, 7) is 4.60. The topological polar surface area (TPSA) is 60.2 Å². The van der Waals surface area contributed by atoms with E-state index in [9.17, 15) is 4.79 Å². The predicted octanol–water partition coefficient (Wildman–Crippen LogP) is 3.41. The molecule has 1 aromatic rings. The van der Waals surface area contributed by atoms with Gasteiger partial charge in [0.1, 0.15) is 11.9 Å². The summed E-state index contributed by atoms with van der Waals surface area (Å²) in [6, 6.07) is 6.47. The summed E-state index contributed by atoms with van der Waals surface area (Å²) in [7, 11) is 0. The predicted molar refractivity (Wildman–Crippen MR) is 101 cm³/mol. The molecule has 138 valence electrons. The molecule has 26 heavy (non-hydrogen) atoms. The second-order valence-corrected chi connectivity index (χ2v) is 8.22. The monoisotopic (exact) mass is 352 g/mol. The molecule has 0 aromatic carbocycles. The fourth-order valence-corrected chi connectivity index (χ4v) is 5.06. The number of rotatable bonds is 2. The molecule has 2 aliphatic heterocycles. The van der Waals surface area contributed by atoms with Gasteiger partial charge in [0.2, 0.25) is 5.91 Å². The van der Waals surface area contributed by atoms with Crippen molar-refractivity contribution in [2.45, 2.75) is 64.3 Å². The number of nitriles is 1. The summed E-state index contributed by atoms with van der Waals surface area (Å²) >= 11 is 0. The number of aromatic nitrogens is 1. The summed E-state index contributed by atoms with van der Waals surface area (Å²) in [5, 5.41) is 9.07. The zero-order valence-corrected chi connectivity index (χ0v) is 15.7. The Morgan fingerprint density at radius 1 is 1.12 bits per heavy atom. The van der Waals surface area contributed by atoms with E-state index in [0.717, 1.165) is 50.4 Å². The molecule has 0 radical (unpaired) electrons. The normalized spacial score (nSPS) is 23.5. The van der Waals surface area contributed by atoms with Crippen LogP contribution in [-0.4, -0.2) is 41.5 Å². The molecule has 0 N–H and O–H groups in total. The van der Waals surface area contributed by atoms with Crippen molar-refractivity contribution >= 4 is 11.7 Å². The maximum atomic E-state index is 13.2. The number of pyridine rings is 1. The highest BCUT2D eigenvalue weighted by atomic mass is 16.2. The third kappa shape index (κ3) is 2.96. The molecule has 1 aliphatic carbocycles. The van der Waals surface area contributed by atoms with Crippen molar-refractivity contribution in [1.82, 2.24) is 9.88 Å².